The standard InChI is InChI=1S/C19H28FN3O2/c1-13-11-23(15(3)24)9-8-18(13)21-14(2)19(25)22(4)12-16-6-5-7-17(20)10-16/h5-7,10,13-14,18,21H,8-9,11-12H2,1-4H3. The molecule has 1 aromatic rings. The van der Waals surface area contributed by atoms with Gasteiger partial charge in [-0.2, -0.15) is 0 Å². The average molecular weight is 349 g/mol. The molecule has 5 nitrogen and oxygen atoms in total. The van der Waals surface area contributed by atoms with E-state index in [4.69, 9.17) is 0 Å². The fourth-order valence-electron chi connectivity index (χ4n) is 3.39. The molecule has 0 aliphatic carbocycles. The molecular weight excluding hydrogens is 321 g/mol. The minimum Gasteiger partial charge on any atom is -0.343 e. The maximum Gasteiger partial charge on any atom is 0.239 e. The van der Waals surface area contributed by atoms with Crippen LogP contribution in [0.25, 0.3) is 0 Å². The minimum absolute atomic E-state index is 0.0227. The quantitative estimate of drug-likeness (QED) is 0.885. The Bertz CT molecular complexity index is 622. The van der Waals surface area contributed by atoms with Crippen LogP contribution in [0, 0.1) is 11.7 Å². The van der Waals surface area contributed by atoms with Crippen molar-refractivity contribution in [3.63, 3.8) is 0 Å². The summed E-state index contributed by atoms with van der Waals surface area (Å²) in [5.74, 6) is 0.0757. The van der Waals surface area contributed by atoms with Crippen molar-refractivity contribution in [2.45, 2.75) is 45.8 Å². The highest BCUT2D eigenvalue weighted by atomic mass is 19.1. The molecule has 1 aliphatic rings. The number of nitrogens with one attached hydrogen (secondary N) is 1. The van der Waals surface area contributed by atoms with E-state index in [1.54, 1.807) is 24.9 Å². The first-order valence-electron chi connectivity index (χ1n) is 8.79. The van der Waals surface area contributed by atoms with E-state index in [1.165, 1.54) is 12.1 Å². The van der Waals surface area contributed by atoms with Crippen LogP contribution in [0.3, 0.4) is 0 Å². The van der Waals surface area contributed by atoms with Gasteiger partial charge in [0.15, 0.2) is 0 Å². The lowest BCUT2D eigenvalue weighted by atomic mass is 9.93. The van der Waals surface area contributed by atoms with Crippen LogP contribution in [0.15, 0.2) is 24.3 Å². The van der Waals surface area contributed by atoms with E-state index < -0.39 is 0 Å². The van der Waals surface area contributed by atoms with Crippen molar-refractivity contribution in [2.24, 2.45) is 5.92 Å². The molecule has 3 atom stereocenters. The third-order valence-electron chi connectivity index (χ3n) is 4.87. The first-order valence-corrected chi connectivity index (χ1v) is 8.79. The monoisotopic (exact) mass is 349 g/mol. The van der Waals surface area contributed by atoms with E-state index in [-0.39, 0.29) is 29.7 Å². The molecule has 1 saturated heterocycles. The zero-order valence-electron chi connectivity index (χ0n) is 15.5. The van der Waals surface area contributed by atoms with Gasteiger partial charge in [0, 0.05) is 39.6 Å². The Morgan fingerprint density at radius 2 is 2.16 bits per heavy atom. The average Bonchev–Trinajstić information content (AvgIpc) is 2.55. The van der Waals surface area contributed by atoms with E-state index in [9.17, 15) is 14.0 Å². The van der Waals surface area contributed by atoms with Gasteiger partial charge in [-0.15, -0.1) is 0 Å². The highest BCUT2D eigenvalue weighted by Gasteiger charge is 2.30. The van der Waals surface area contributed by atoms with Gasteiger partial charge in [0.25, 0.3) is 0 Å². The summed E-state index contributed by atoms with van der Waals surface area (Å²) < 4.78 is 13.3. The molecule has 1 N–H and O–H groups in total. The summed E-state index contributed by atoms with van der Waals surface area (Å²) in [5.41, 5.74) is 0.770. The van der Waals surface area contributed by atoms with Gasteiger partial charge in [-0.05, 0) is 37.0 Å². The molecule has 1 fully saturated rings. The van der Waals surface area contributed by atoms with Crippen LogP contribution in [0.4, 0.5) is 4.39 Å². The zero-order chi connectivity index (χ0) is 18.6. The molecule has 0 radical (unpaired) electrons. The summed E-state index contributed by atoms with van der Waals surface area (Å²) in [6.07, 6.45) is 0.839. The summed E-state index contributed by atoms with van der Waals surface area (Å²) in [7, 11) is 1.73. The van der Waals surface area contributed by atoms with Crippen LogP contribution < -0.4 is 5.32 Å². The van der Waals surface area contributed by atoms with Gasteiger partial charge in [-0.25, -0.2) is 4.39 Å². The maximum atomic E-state index is 13.3. The lowest BCUT2D eigenvalue weighted by Gasteiger charge is -2.38. The predicted molar refractivity (Wildman–Crippen MR) is 95.3 cm³/mol. The third-order valence-corrected chi connectivity index (χ3v) is 4.87. The third kappa shape index (κ3) is 5.26. The van der Waals surface area contributed by atoms with Gasteiger partial charge in [0.1, 0.15) is 5.82 Å². The number of likely N-dealkylation sites (tertiary alicyclic amines) is 1. The summed E-state index contributed by atoms with van der Waals surface area (Å²) in [4.78, 5) is 27.5. The van der Waals surface area contributed by atoms with Crippen LogP contribution in [-0.2, 0) is 16.1 Å². The number of rotatable bonds is 5. The molecule has 0 aromatic heterocycles. The maximum absolute atomic E-state index is 13.3. The molecule has 0 bridgehead atoms. The van der Waals surface area contributed by atoms with Gasteiger partial charge in [-0.3, -0.25) is 9.59 Å². The normalized spacial score (nSPS) is 21.7. The van der Waals surface area contributed by atoms with E-state index >= 15 is 0 Å². The second-order valence-electron chi connectivity index (χ2n) is 7.05. The van der Waals surface area contributed by atoms with Crippen molar-refractivity contribution < 1.29 is 14.0 Å². The number of hydrogen-bond donors (Lipinski definition) is 1. The Hall–Kier alpha value is -1.95. The van der Waals surface area contributed by atoms with Gasteiger partial charge in [0.05, 0.1) is 6.04 Å². The smallest absolute Gasteiger partial charge is 0.239 e. The van der Waals surface area contributed by atoms with Gasteiger partial charge in [0.2, 0.25) is 11.8 Å². The van der Waals surface area contributed by atoms with Gasteiger partial charge in [-0.1, -0.05) is 19.1 Å². The molecule has 2 amide bonds. The van der Waals surface area contributed by atoms with Crippen molar-refractivity contribution in [1.82, 2.24) is 15.1 Å². The van der Waals surface area contributed by atoms with E-state index in [1.807, 2.05) is 17.9 Å². The minimum atomic E-state index is -0.324. The number of hydrogen-bond acceptors (Lipinski definition) is 3. The lowest BCUT2D eigenvalue weighted by molar-refractivity contribution is -0.134. The van der Waals surface area contributed by atoms with Gasteiger partial charge < -0.3 is 15.1 Å². The van der Waals surface area contributed by atoms with Crippen molar-refractivity contribution in [1.29, 1.82) is 0 Å². The molecule has 0 spiro atoms. The van der Waals surface area contributed by atoms with Crippen molar-refractivity contribution in [3.05, 3.63) is 35.6 Å². The molecule has 6 heteroatoms. The SMILES string of the molecule is CC(=O)N1CCC(NC(C)C(=O)N(C)Cc2cccc(F)c2)C(C)C1. The number of amides is 2. The Morgan fingerprint density at radius 1 is 1.44 bits per heavy atom. The van der Waals surface area contributed by atoms with Crippen molar-refractivity contribution >= 4 is 11.8 Å². The summed E-state index contributed by atoms with van der Waals surface area (Å²) in [6, 6.07) is 6.18. The largest absolute Gasteiger partial charge is 0.343 e. The first-order chi connectivity index (χ1) is 11.8. The molecule has 0 saturated carbocycles. The van der Waals surface area contributed by atoms with Crippen LogP contribution in [0.2, 0.25) is 0 Å². The number of halogens is 1. The summed E-state index contributed by atoms with van der Waals surface area (Å²) in [5, 5.41) is 3.40. The number of benzene rings is 1. The van der Waals surface area contributed by atoms with E-state index in [2.05, 4.69) is 12.2 Å². The number of piperidine rings is 1. The number of carbonyl (C=O) groups is 2. The Balaban J connectivity index is 1.88. The topological polar surface area (TPSA) is 52.7 Å². The fourth-order valence-corrected chi connectivity index (χ4v) is 3.39. The van der Waals surface area contributed by atoms with Crippen LogP contribution in [0.1, 0.15) is 32.8 Å². The molecule has 1 heterocycles. The Kier molecular flexibility index (Phi) is 6.53. The Morgan fingerprint density at radius 3 is 2.76 bits per heavy atom. The van der Waals surface area contributed by atoms with Crippen LogP contribution in [-0.4, -0.2) is 53.8 Å². The molecular formula is C19H28FN3O2. The van der Waals surface area contributed by atoms with Crippen LogP contribution in [0.5, 0.6) is 0 Å². The van der Waals surface area contributed by atoms with Crippen LogP contribution >= 0.6 is 0 Å². The van der Waals surface area contributed by atoms with Crippen molar-refractivity contribution in [2.75, 3.05) is 20.1 Å². The van der Waals surface area contributed by atoms with Crippen molar-refractivity contribution in [3.8, 4) is 0 Å². The number of likely N-dealkylation sites (N-methyl/N-ethyl adjacent to an activating group) is 1. The Labute approximate surface area is 149 Å². The fraction of sp³-hybridized carbons (Fsp3) is 0.579. The molecule has 1 aromatic carbocycles. The van der Waals surface area contributed by atoms with E-state index in [0.29, 0.717) is 19.0 Å². The first kappa shape index (κ1) is 19.4. The number of nitrogens with zero attached hydrogens (tertiary/aromatic N) is 2. The van der Waals surface area contributed by atoms with Gasteiger partial charge >= 0.3 is 0 Å². The highest BCUT2D eigenvalue weighted by Crippen LogP contribution is 2.18. The summed E-state index contributed by atoms with van der Waals surface area (Å²) in [6.45, 7) is 7.36. The predicted octanol–water partition coefficient (Wildman–Crippen LogP) is 2.02. The second kappa shape index (κ2) is 8.43. The second-order valence-corrected chi connectivity index (χ2v) is 7.05. The molecule has 25 heavy (non-hydrogen) atoms. The number of carbonyl (C=O) groups excluding carboxylic acids is 2. The zero-order valence-corrected chi connectivity index (χ0v) is 15.5. The molecule has 1 aliphatic heterocycles. The molecule has 3 unspecified atom stereocenters. The lowest BCUT2D eigenvalue weighted by Crippen LogP contribution is -2.54. The van der Waals surface area contributed by atoms with E-state index in [0.717, 1.165) is 18.5 Å². The molecule has 2 rings (SSSR count). The highest BCUT2D eigenvalue weighted by molar-refractivity contribution is 5.81. The molecule has 138 valence electrons. The summed E-state index contributed by atoms with van der Waals surface area (Å²) >= 11 is 0.